The van der Waals surface area contributed by atoms with E-state index in [4.69, 9.17) is 0 Å². The summed E-state index contributed by atoms with van der Waals surface area (Å²) in [5, 5.41) is 7.75. The van der Waals surface area contributed by atoms with Crippen molar-refractivity contribution in [1.82, 2.24) is 19.2 Å². The molecule has 0 fully saturated rings. The molecule has 0 amide bonds. The molecule has 6 nitrogen and oxygen atoms in total. The molecule has 2 aromatic heterocycles. The molecule has 0 aromatic carbocycles. The second-order valence-corrected chi connectivity index (χ2v) is 6.02. The summed E-state index contributed by atoms with van der Waals surface area (Å²) in [6.07, 6.45) is 1.77. The molecule has 0 saturated carbocycles. The maximum absolute atomic E-state index is 11.7. The number of nitrogens with one attached hydrogen (secondary N) is 1. The van der Waals surface area contributed by atoms with E-state index in [-0.39, 0.29) is 5.56 Å². The Labute approximate surface area is 131 Å². The number of hydrogen-bond donors (Lipinski definition) is 1. The standard InChI is InChI=1S/C14H18BrN5O/c1-2-18-5-6-20-12(9-18)7-13(17-20)16-10-19-8-11(15)3-4-14(19)21/h3-4,7-8H,2,5-6,9-10H2,1H3,(H,16,17). The average molecular weight is 352 g/mol. The lowest BCUT2D eigenvalue weighted by Gasteiger charge is -2.25. The highest BCUT2D eigenvalue weighted by molar-refractivity contribution is 9.10. The van der Waals surface area contributed by atoms with Crippen molar-refractivity contribution >= 4 is 21.7 Å². The molecule has 21 heavy (non-hydrogen) atoms. The average Bonchev–Trinajstić information content (AvgIpc) is 2.89. The van der Waals surface area contributed by atoms with E-state index < -0.39 is 0 Å². The lowest BCUT2D eigenvalue weighted by Crippen LogP contribution is -2.33. The van der Waals surface area contributed by atoms with E-state index >= 15 is 0 Å². The summed E-state index contributed by atoms with van der Waals surface area (Å²) in [4.78, 5) is 14.1. The van der Waals surface area contributed by atoms with E-state index in [9.17, 15) is 4.79 Å². The monoisotopic (exact) mass is 351 g/mol. The molecule has 0 aliphatic carbocycles. The molecule has 0 saturated heterocycles. The van der Waals surface area contributed by atoms with Crippen molar-refractivity contribution in [3.05, 3.63) is 44.9 Å². The summed E-state index contributed by atoms with van der Waals surface area (Å²) in [6, 6.07) is 5.35. The number of likely N-dealkylation sites (N-methyl/N-ethyl adjacent to an activating group) is 1. The normalized spacial score (nSPS) is 15.0. The third-order valence-corrected chi connectivity index (χ3v) is 4.17. The number of fused-ring (bicyclic) bond motifs is 1. The molecule has 112 valence electrons. The largest absolute Gasteiger partial charge is 0.351 e. The second-order valence-electron chi connectivity index (χ2n) is 5.10. The highest BCUT2D eigenvalue weighted by Crippen LogP contribution is 2.16. The van der Waals surface area contributed by atoms with Gasteiger partial charge in [0, 0.05) is 35.9 Å². The Hall–Kier alpha value is -1.60. The van der Waals surface area contributed by atoms with Gasteiger partial charge in [0.1, 0.15) is 5.82 Å². The van der Waals surface area contributed by atoms with Gasteiger partial charge in [-0.25, -0.2) is 0 Å². The van der Waals surface area contributed by atoms with Gasteiger partial charge in [-0.15, -0.1) is 0 Å². The molecular weight excluding hydrogens is 334 g/mol. The minimum Gasteiger partial charge on any atom is -0.351 e. The SMILES string of the molecule is CCN1CCn2nc(NCn3cc(Br)ccc3=O)cc2C1. The first-order chi connectivity index (χ1) is 10.2. The summed E-state index contributed by atoms with van der Waals surface area (Å²) in [5.74, 6) is 0.815. The van der Waals surface area contributed by atoms with Crippen LogP contribution in [-0.4, -0.2) is 32.3 Å². The minimum absolute atomic E-state index is 0.0353. The predicted molar refractivity (Wildman–Crippen MR) is 85.2 cm³/mol. The number of nitrogens with zero attached hydrogens (tertiary/aromatic N) is 4. The van der Waals surface area contributed by atoms with Gasteiger partial charge in [0.05, 0.1) is 18.9 Å². The van der Waals surface area contributed by atoms with Gasteiger partial charge in [0.2, 0.25) is 0 Å². The van der Waals surface area contributed by atoms with Gasteiger partial charge in [-0.05, 0) is 28.5 Å². The summed E-state index contributed by atoms with van der Waals surface area (Å²) < 4.78 is 4.53. The first kappa shape index (κ1) is 14.3. The first-order valence-electron chi connectivity index (χ1n) is 7.04. The van der Waals surface area contributed by atoms with Crippen molar-refractivity contribution < 1.29 is 0 Å². The Morgan fingerprint density at radius 3 is 3.05 bits per heavy atom. The maximum atomic E-state index is 11.7. The first-order valence-corrected chi connectivity index (χ1v) is 7.84. The van der Waals surface area contributed by atoms with E-state index in [2.05, 4.69) is 44.2 Å². The van der Waals surface area contributed by atoms with Crippen molar-refractivity contribution in [2.75, 3.05) is 18.4 Å². The third-order valence-electron chi connectivity index (χ3n) is 3.70. The van der Waals surface area contributed by atoms with Crippen molar-refractivity contribution in [3.8, 4) is 0 Å². The van der Waals surface area contributed by atoms with Crippen LogP contribution < -0.4 is 10.9 Å². The van der Waals surface area contributed by atoms with Crippen molar-refractivity contribution in [2.24, 2.45) is 0 Å². The zero-order valence-electron chi connectivity index (χ0n) is 11.9. The van der Waals surface area contributed by atoms with Crippen LogP contribution >= 0.6 is 15.9 Å². The van der Waals surface area contributed by atoms with Crippen LogP contribution in [0.2, 0.25) is 0 Å². The number of anilines is 1. The molecule has 1 aliphatic rings. The summed E-state index contributed by atoms with van der Waals surface area (Å²) in [7, 11) is 0. The molecule has 2 aromatic rings. The highest BCUT2D eigenvalue weighted by atomic mass is 79.9. The van der Waals surface area contributed by atoms with Crippen molar-refractivity contribution in [2.45, 2.75) is 26.7 Å². The Bertz CT molecular complexity index is 693. The molecule has 0 atom stereocenters. The molecular formula is C14H18BrN5O. The molecule has 0 bridgehead atoms. The van der Waals surface area contributed by atoms with E-state index in [1.165, 1.54) is 5.69 Å². The van der Waals surface area contributed by atoms with Crippen LogP contribution in [0.1, 0.15) is 12.6 Å². The predicted octanol–water partition coefficient (Wildman–Crippen LogP) is 1.71. The van der Waals surface area contributed by atoms with Crippen LogP contribution in [0.4, 0.5) is 5.82 Å². The third kappa shape index (κ3) is 3.19. The highest BCUT2D eigenvalue weighted by Gasteiger charge is 2.16. The van der Waals surface area contributed by atoms with Gasteiger partial charge < -0.3 is 5.32 Å². The fraction of sp³-hybridized carbons (Fsp3) is 0.429. The molecule has 3 heterocycles. The maximum Gasteiger partial charge on any atom is 0.252 e. The number of halogens is 1. The van der Waals surface area contributed by atoms with Crippen molar-refractivity contribution in [1.29, 1.82) is 0 Å². The fourth-order valence-corrected chi connectivity index (χ4v) is 2.85. The second kappa shape index (κ2) is 6.03. The number of hydrogen-bond acceptors (Lipinski definition) is 4. The van der Waals surface area contributed by atoms with E-state index in [0.717, 1.165) is 36.5 Å². The van der Waals surface area contributed by atoms with Crippen LogP contribution in [-0.2, 0) is 19.8 Å². The van der Waals surface area contributed by atoms with Gasteiger partial charge in [-0.3, -0.25) is 18.9 Å². The van der Waals surface area contributed by atoms with Gasteiger partial charge in [0.15, 0.2) is 0 Å². The van der Waals surface area contributed by atoms with Gasteiger partial charge in [0.25, 0.3) is 5.56 Å². The van der Waals surface area contributed by atoms with Gasteiger partial charge >= 0.3 is 0 Å². The van der Waals surface area contributed by atoms with Gasteiger partial charge in [-0.1, -0.05) is 6.92 Å². The Morgan fingerprint density at radius 1 is 1.38 bits per heavy atom. The minimum atomic E-state index is -0.0353. The number of rotatable bonds is 4. The molecule has 1 N–H and O–H groups in total. The fourth-order valence-electron chi connectivity index (χ4n) is 2.47. The van der Waals surface area contributed by atoms with E-state index in [0.29, 0.717) is 6.67 Å². The molecule has 0 unspecified atom stereocenters. The lowest BCUT2D eigenvalue weighted by atomic mass is 10.3. The van der Waals surface area contributed by atoms with Crippen LogP contribution in [0.3, 0.4) is 0 Å². The number of pyridine rings is 1. The zero-order valence-corrected chi connectivity index (χ0v) is 13.5. The molecule has 0 spiro atoms. The molecule has 3 rings (SSSR count). The van der Waals surface area contributed by atoms with E-state index in [1.54, 1.807) is 22.9 Å². The number of aromatic nitrogens is 3. The van der Waals surface area contributed by atoms with Crippen LogP contribution in [0.15, 0.2) is 33.7 Å². The van der Waals surface area contributed by atoms with Crippen LogP contribution in [0.25, 0.3) is 0 Å². The van der Waals surface area contributed by atoms with Crippen molar-refractivity contribution in [3.63, 3.8) is 0 Å². The van der Waals surface area contributed by atoms with Gasteiger partial charge in [-0.2, -0.15) is 5.10 Å². The topological polar surface area (TPSA) is 55.1 Å². The molecule has 7 heteroatoms. The van der Waals surface area contributed by atoms with E-state index in [1.807, 2.05) is 4.68 Å². The summed E-state index contributed by atoms with van der Waals surface area (Å²) >= 11 is 3.37. The smallest absolute Gasteiger partial charge is 0.252 e. The quantitative estimate of drug-likeness (QED) is 0.910. The Balaban J connectivity index is 1.70. The zero-order chi connectivity index (χ0) is 14.8. The lowest BCUT2D eigenvalue weighted by molar-refractivity contribution is 0.224. The van der Waals surface area contributed by atoms with Crippen LogP contribution in [0, 0.1) is 0 Å². The van der Waals surface area contributed by atoms with Crippen LogP contribution in [0.5, 0.6) is 0 Å². The molecule has 1 aliphatic heterocycles. The Kier molecular flexibility index (Phi) is 4.12. The molecule has 0 radical (unpaired) electrons. The Morgan fingerprint density at radius 2 is 2.24 bits per heavy atom. The summed E-state index contributed by atoms with van der Waals surface area (Å²) in [5.41, 5.74) is 1.18. The summed E-state index contributed by atoms with van der Waals surface area (Å²) in [6.45, 7) is 6.53.